The Morgan fingerprint density at radius 2 is 2.05 bits per heavy atom. The van der Waals surface area contributed by atoms with Gasteiger partial charge in [-0.1, -0.05) is 0 Å². The zero-order valence-corrected chi connectivity index (χ0v) is 12.2. The third-order valence-corrected chi connectivity index (χ3v) is 4.81. The molecule has 3 rings (SSSR count). The summed E-state index contributed by atoms with van der Waals surface area (Å²) in [5.41, 5.74) is 0. The summed E-state index contributed by atoms with van der Waals surface area (Å²) >= 11 is 0. The van der Waals surface area contributed by atoms with Gasteiger partial charge in [0.15, 0.2) is 0 Å². The molecule has 2 unspecified atom stereocenters. The van der Waals surface area contributed by atoms with Gasteiger partial charge < -0.3 is 15.2 Å². The molecule has 0 spiro atoms. The number of rotatable bonds is 4. The minimum Gasteiger partial charge on any atom is -0.480 e. The monoisotopic (exact) mass is 297 g/mol. The molecule has 3 aliphatic rings. The zero-order valence-electron chi connectivity index (χ0n) is 12.2. The number of amides is 1. The number of carboxylic acid groups (broad SMARTS) is 1. The van der Waals surface area contributed by atoms with E-state index in [4.69, 9.17) is 4.74 Å². The Labute approximate surface area is 124 Å². The Hall–Kier alpha value is -1.34. The van der Waals surface area contributed by atoms with Gasteiger partial charge in [-0.05, 0) is 45.3 Å². The van der Waals surface area contributed by atoms with Crippen LogP contribution in [0.5, 0.6) is 0 Å². The molecule has 7 heteroatoms. The van der Waals surface area contributed by atoms with E-state index in [0.29, 0.717) is 12.6 Å². The van der Waals surface area contributed by atoms with Crippen LogP contribution in [0.4, 0.5) is 4.79 Å². The quantitative estimate of drug-likeness (QED) is 0.766. The lowest BCUT2D eigenvalue weighted by atomic mass is 10.0. The highest BCUT2D eigenvalue weighted by Crippen LogP contribution is 2.26. The van der Waals surface area contributed by atoms with E-state index in [-0.39, 0.29) is 18.2 Å². The fourth-order valence-corrected chi connectivity index (χ4v) is 3.75. The molecule has 3 heterocycles. The van der Waals surface area contributed by atoms with Crippen molar-refractivity contribution >= 4 is 12.1 Å². The number of carbonyl (C=O) groups excluding carboxylic acids is 1. The fraction of sp³-hybridized carbons (Fsp3) is 0.857. The molecule has 0 bridgehead atoms. The maximum absolute atomic E-state index is 11.3. The number of carboxylic acids is 1. The lowest BCUT2D eigenvalue weighted by Gasteiger charge is -2.38. The van der Waals surface area contributed by atoms with E-state index in [2.05, 4.69) is 15.1 Å². The van der Waals surface area contributed by atoms with Crippen molar-refractivity contribution in [3.05, 3.63) is 0 Å². The van der Waals surface area contributed by atoms with Crippen LogP contribution in [0.25, 0.3) is 0 Å². The molecule has 0 aromatic rings. The van der Waals surface area contributed by atoms with Crippen molar-refractivity contribution in [2.24, 2.45) is 0 Å². The van der Waals surface area contributed by atoms with Gasteiger partial charge in [0.25, 0.3) is 0 Å². The van der Waals surface area contributed by atoms with Gasteiger partial charge >= 0.3 is 12.1 Å². The Morgan fingerprint density at radius 3 is 2.67 bits per heavy atom. The number of aliphatic carboxylic acids is 1. The minimum absolute atomic E-state index is 0.0485. The van der Waals surface area contributed by atoms with Gasteiger partial charge in [0, 0.05) is 12.6 Å². The molecule has 3 fully saturated rings. The molecule has 7 nitrogen and oxygen atoms in total. The molecule has 0 aromatic carbocycles. The Bertz CT molecular complexity index is 409. The van der Waals surface area contributed by atoms with E-state index >= 15 is 0 Å². The SMILES string of the molecule is O=C1NCC(CN2CCC(N3CCCC3C(=O)O)CC2)O1. The molecule has 1 amide bonds. The van der Waals surface area contributed by atoms with Gasteiger partial charge in [0.1, 0.15) is 12.1 Å². The molecule has 2 N–H and O–H groups in total. The summed E-state index contributed by atoms with van der Waals surface area (Å²) in [5.74, 6) is -0.682. The second-order valence-electron chi connectivity index (χ2n) is 6.17. The van der Waals surface area contributed by atoms with Crippen molar-refractivity contribution in [1.82, 2.24) is 15.1 Å². The van der Waals surface area contributed by atoms with E-state index in [1.807, 2.05) is 0 Å². The number of piperidine rings is 1. The highest BCUT2D eigenvalue weighted by molar-refractivity contribution is 5.73. The van der Waals surface area contributed by atoms with Gasteiger partial charge in [-0.3, -0.25) is 14.6 Å². The second kappa shape index (κ2) is 6.19. The fourth-order valence-electron chi connectivity index (χ4n) is 3.75. The third-order valence-electron chi connectivity index (χ3n) is 4.81. The molecule has 0 aromatic heterocycles. The summed E-state index contributed by atoms with van der Waals surface area (Å²) in [4.78, 5) is 26.8. The van der Waals surface area contributed by atoms with Crippen LogP contribution in [0.15, 0.2) is 0 Å². The minimum atomic E-state index is -0.682. The lowest BCUT2D eigenvalue weighted by Crippen LogP contribution is -2.50. The van der Waals surface area contributed by atoms with Gasteiger partial charge in [0.05, 0.1) is 6.54 Å². The number of cyclic esters (lactones) is 1. The van der Waals surface area contributed by atoms with Crippen LogP contribution in [0, 0.1) is 0 Å². The summed E-state index contributed by atoms with van der Waals surface area (Å²) in [5, 5.41) is 11.9. The standard InChI is InChI=1S/C14H23N3O4/c18-13(19)12-2-1-5-17(12)10-3-6-16(7-4-10)9-11-8-15-14(20)21-11/h10-12H,1-9H2,(H,15,20)(H,18,19). The largest absolute Gasteiger partial charge is 0.480 e. The number of hydrogen-bond acceptors (Lipinski definition) is 5. The van der Waals surface area contributed by atoms with E-state index in [1.165, 1.54) is 0 Å². The number of alkyl carbamates (subject to hydrolysis) is 1. The van der Waals surface area contributed by atoms with E-state index in [0.717, 1.165) is 51.9 Å². The van der Waals surface area contributed by atoms with Crippen LogP contribution in [0.2, 0.25) is 0 Å². The van der Waals surface area contributed by atoms with E-state index in [9.17, 15) is 14.7 Å². The number of hydrogen-bond donors (Lipinski definition) is 2. The topological polar surface area (TPSA) is 82.1 Å². The zero-order chi connectivity index (χ0) is 14.8. The molecular formula is C14H23N3O4. The molecular weight excluding hydrogens is 274 g/mol. The number of nitrogens with zero attached hydrogens (tertiary/aromatic N) is 2. The van der Waals surface area contributed by atoms with E-state index in [1.54, 1.807) is 0 Å². The van der Waals surface area contributed by atoms with Crippen molar-refractivity contribution in [3.63, 3.8) is 0 Å². The summed E-state index contributed by atoms with van der Waals surface area (Å²) < 4.78 is 5.16. The number of carbonyl (C=O) groups is 2. The summed E-state index contributed by atoms with van der Waals surface area (Å²) in [7, 11) is 0. The smallest absolute Gasteiger partial charge is 0.407 e. The van der Waals surface area contributed by atoms with Crippen LogP contribution in [0.3, 0.4) is 0 Å². The lowest BCUT2D eigenvalue weighted by molar-refractivity contribution is -0.143. The molecule has 0 aliphatic carbocycles. The van der Waals surface area contributed by atoms with Crippen LogP contribution in [-0.4, -0.2) is 77.9 Å². The normalized spacial score (nSPS) is 32.1. The third kappa shape index (κ3) is 3.29. The van der Waals surface area contributed by atoms with Crippen molar-refractivity contribution < 1.29 is 19.4 Å². The van der Waals surface area contributed by atoms with Gasteiger partial charge in [-0.25, -0.2) is 4.79 Å². The molecule has 0 radical (unpaired) electrons. The van der Waals surface area contributed by atoms with Crippen molar-refractivity contribution in [2.75, 3.05) is 32.7 Å². The average molecular weight is 297 g/mol. The Kier molecular flexibility index (Phi) is 4.30. The van der Waals surface area contributed by atoms with Crippen molar-refractivity contribution in [3.8, 4) is 0 Å². The summed E-state index contributed by atoms with van der Waals surface area (Å²) in [6.45, 7) is 4.16. The Morgan fingerprint density at radius 1 is 1.29 bits per heavy atom. The Balaban J connectivity index is 1.46. The van der Waals surface area contributed by atoms with Gasteiger partial charge in [-0.2, -0.15) is 0 Å². The summed E-state index contributed by atoms with van der Waals surface area (Å²) in [6, 6.07) is 0.0932. The molecule has 0 saturated carbocycles. The number of nitrogens with one attached hydrogen (secondary N) is 1. The maximum Gasteiger partial charge on any atom is 0.407 e. The van der Waals surface area contributed by atoms with Gasteiger partial charge in [-0.15, -0.1) is 0 Å². The van der Waals surface area contributed by atoms with Crippen LogP contribution >= 0.6 is 0 Å². The first-order valence-electron chi connectivity index (χ1n) is 7.79. The maximum atomic E-state index is 11.3. The van der Waals surface area contributed by atoms with E-state index < -0.39 is 5.97 Å². The van der Waals surface area contributed by atoms with Crippen LogP contribution in [-0.2, 0) is 9.53 Å². The van der Waals surface area contributed by atoms with Gasteiger partial charge in [0.2, 0.25) is 0 Å². The first-order chi connectivity index (χ1) is 10.1. The first-order valence-corrected chi connectivity index (χ1v) is 7.79. The highest BCUT2D eigenvalue weighted by Gasteiger charge is 2.37. The van der Waals surface area contributed by atoms with Crippen molar-refractivity contribution in [1.29, 1.82) is 0 Å². The van der Waals surface area contributed by atoms with Crippen LogP contribution in [0.1, 0.15) is 25.7 Å². The predicted octanol–water partition coefficient (Wildman–Crippen LogP) is 0.108. The van der Waals surface area contributed by atoms with Crippen LogP contribution < -0.4 is 5.32 Å². The molecule has 3 aliphatic heterocycles. The van der Waals surface area contributed by atoms with Crippen molar-refractivity contribution in [2.45, 2.75) is 43.9 Å². The average Bonchev–Trinajstić information content (AvgIpc) is 3.09. The highest BCUT2D eigenvalue weighted by atomic mass is 16.6. The predicted molar refractivity (Wildman–Crippen MR) is 75.1 cm³/mol. The molecule has 3 saturated heterocycles. The molecule has 2 atom stereocenters. The number of likely N-dealkylation sites (tertiary alicyclic amines) is 2. The molecule has 21 heavy (non-hydrogen) atoms. The number of ether oxygens (including phenoxy) is 1. The first kappa shape index (κ1) is 14.6. The summed E-state index contributed by atoms with van der Waals surface area (Å²) in [6.07, 6.45) is 3.39. The molecule has 118 valence electrons. The second-order valence-corrected chi connectivity index (χ2v) is 6.17.